The van der Waals surface area contributed by atoms with Gasteiger partial charge in [-0.3, -0.25) is 9.12 Å². The summed E-state index contributed by atoms with van der Waals surface area (Å²) in [7, 11) is -3.85. The van der Waals surface area contributed by atoms with E-state index in [1.165, 1.54) is 12.3 Å². The maximum atomic E-state index is 12.6. The lowest BCUT2D eigenvalue weighted by Gasteiger charge is -2.27. The van der Waals surface area contributed by atoms with Crippen LogP contribution in [0, 0.1) is 0 Å². The molecule has 3 aromatic heterocycles. The summed E-state index contributed by atoms with van der Waals surface area (Å²) in [6.07, 6.45) is 3.04. The van der Waals surface area contributed by atoms with Crippen LogP contribution >= 0.6 is 11.6 Å². The Labute approximate surface area is 155 Å². The first kappa shape index (κ1) is 17.1. The quantitative estimate of drug-likeness (QED) is 0.729. The number of rotatable bonds is 4. The molecule has 4 heterocycles. The van der Waals surface area contributed by atoms with Crippen LogP contribution in [0.4, 0.5) is 11.6 Å². The van der Waals surface area contributed by atoms with Crippen LogP contribution in [0.5, 0.6) is 0 Å². The fourth-order valence-corrected chi connectivity index (χ4v) is 3.97. The van der Waals surface area contributed by atoms with Crippen molar-refractivity contribution >= 4 is 38.9 Å². The summed E-state index contributed by atoms with van der Waals surface area (Å²) in [5, 5.41) is 0.196. The molecule has 0 aliphatic carbocycles. The molecule has 1 saturated heterocycles. The number of nitrogens with one attached hydrogen (secondary N) is 1. The predicted molar refractivity (Wildman–Crippen MR) is 98.3 cm³/mol. The Hall–Kier alpha value is -2.36. The number of anilines is 2. The van der Waals surface area contributed by atoms with Crippen molar-refractivity contribution < 1.29 is 13.2 Å². The summed E-state index contributed by atoms with van der Waals surface area (Å²) in [4.78, 5) is 10.6. The van der Waals surface area contributed by atoms with E-state index >= 15 is 0 Å². The van der Waals surface area contributed by atoms with Crippen molar-refractivity contribution in [2.24, 2.45) is 0 Å². The molecule has 1 aliphatic rings. The zero-order chi connectivity index (χ0) is 18.1. The Morgan fingerprint density at radius 3 is 2.65 bits per heavy atom. The minimum absolute atomic E-state index is 0.0441. The average molecular weight is 394 g/mol. The predicted octanol–water partition coefficient (Wildman–Crippen LogP) is 2.02. The van der Waals surface area contributed by atoms with Crippen LogP contribution in [-0.4, -0.2) is 49.1 Å². The number of hydrogen-bond donors (Lipinski definition) is 1. The highest BCUT2D eigenvalue weighted by molar-refractivity contribution is 7.92. The number of pyridine rings is 2. The molecule has 4 rings (SSSR count). The largest absolute Gasteiger partial charge is 0.378 e. The lowest BCUT2D eigenvalue weighted by atomic mass is 10.4. The molecule has 0 spiro atoms. The molecule has 8 nitrogen and oxygen atoms in total. The van der Waals surface area contributed by atoms with Crippen LogP contribution < -0.4 is 9.62 Å². The number of sulfonamides is 1. The Kier molecular flexibility index (Phi) is 4.43. The molecule has 1 fully saturated rings. The standard InChI is InChI=1S/C16H16ClN5O3S/c17-15-16(19-14-3-1-2-6-22(14)15)20-26(23,24)12-4-5-13(18-11-12)21-7-9-25-10-8-21/h1-6,11,20H,7-10H2. The van der Waals surface area contributed by atoms with Gasteiger partial charge in [0.05, 0.1) is 13.2 Å². The second kappa shape index (κ2) is 6.75. The van der Waals surface area contributed by atoms with Crippen LogP contribution in [-0.2, 0) is 14.8 Å². The van der Waals surface area contributed by atoms with E-state index in [1.54, 1.807) is 34.9 Å². The van der Waals surface area contributed by atoms with E-state index in [9.17, 15) is 8.42 Å². The van der Waals surface area contributed by atoms with E-state index in [1.807, 2.05) is 4.90 Å². The molecular formula is C16H16ClN5O3S. The normalized spacial score (nSPS) is 15.3. The van der Waals surface area contributed by atoms with E-state index in [2.05, 4.69) is 14.7 Å². The Balaban J connectivity index is 1.58. The maximum absolute atomic E-state index is 12.6. The Morgan fingerprint density at radius 2 is 1.96 bits per heavy atom. The van der Waals surface area contributed by atoms with Gasteiger partial charge in [0.1, 0.15) is 16.4 Å². The van der Waals surface area contributed by atoms with Gasteiger partial charge < -0.3 is 9.64 Å². The van der Waals surface area contributed by atoms with E-state index in [4.69, 9.17) is 16.3 Å². The number of imidazole rings is 1. The summed E-state index contributed by atoms with van der Waals surface area (Å²) < 4.78 is 34.6. The molecule has 0 atom stereocenters. The topological polar surface area (TPSA) is 88.8 Å². The number of ether oxygens (including phenoxy) is 1. The summed E-state index contributed by atoms with van der Waals surface area (Å²) in [6.45, 7) is 2.73. The summed E-state index contributed by atoms with van der Waals surface area (Å²) in [6, 6.07) is 8.52. The number of fused-ring (bicyclic) bond motifs is 1. The number of hydrogen-bond acceptors (Lipinski definition) is 6. The minimum atomic E-state index is -3.85. The van der Waals surface area contributed by atoms with Gasteiger partial charge >= 0.3 is 0 Å². The number of nitrogens with zero attached hydrogens (tertiary/aromatic N) is 4. The lowest BCUT2D eigenvalue weighted by molar-refractivity contribution is 0.122. The molecule has 1 N–H and O–H groups in total. The highest BCUT2D eigenvalue weighted by atomic mass is 35.5. The molecule has 26 heavy (non-hydrogen) atoms. The molecule has 0 aromatic carbocycles. The van der Waals surface area contributed by atoms with E-state index < -0.39 is 10.0 Å². The van der Waals surface area contributed by atoms with Crippen LogP contribution in [0.25, 0.3) is 5.65 Å². The van der Waals surface area contributed by atoms with Gasteiger partial charge in [0.15, 0.2) is 11.0 Å². The van der Waals surface area contributed by atoms with Crippen LogP contribution in [0.15, 0.2) is 47.6 Å². The summed E-state index contributed by atoms with van der Waals surface area (Å²) in [5.74, 6) is 0.799. The van der Waals surface area contributed by atoms with Crippen molar-refractivity contribution in [2.75, 3.05) is 35.9 Å². The molecule has 0 amide bonds. The van der Waals surface area contributed by atoms with E-state index in [0.29, 0.717) is 18.9 Å². The molecule has 0 bridgehead atoms. The van der Waals surface area contributed by atoms with Crippen molar-refractivity contribution in [3.05, 3.63) is 47.9 Å². The number of halogens is 1. The summed E-state index contributed by atoms with van der Waals surface area (Å²) in [5.41, 5.74) is 0.552. The lowest BCUT2D eigenvalue weighted by Crippen LogP contribution is -2.36. The number of morpholine rings is 1. The van der Waals surface area contributed by atoms with Gasteiger partial charge in [-0.25, -0.2) is 18.4 Å². The van der Waals surface area contributed by atoms with Crippen molar-refractivity contribution in [1.29, 1.82) is 0 Å². The van der Waals surface area contributed by atoms with Gasteiger partial charge in [0, 0.05) is 25.5 Å². The molecule has 0 radical (unpaired) electrons. The highest BCUT2D eigenvalue weighted by Crippen LogP contribution is 2.25. The number of aromatic nitrogens is 3. The van der Waals surface area contributed by atoms with Crippen molar-refractivity contribution in [2.45, 2.75) is 4.90 Å². The molecule has 10 heteroatoms. The van der Waals surface area contributed by atoms with Gasteiger partial charge in [-0.15, -0.1) is 0 Å². The Bertz CT molecular complexity index is 1030. The molecule has 0 saturated carbocycles. The molecule has 0 unspecified atom stereocenters. The monoisotopic (exact) mass is 393 g/mol. The average Bonchev–Trinajstić information content (AvgIpc) is 2.98. The first-order chi connectivity index (χ1) is 12.5. The van der Waals surface area contributed by atoms with Crippen molar-refractivity contribution in [1.82, 2.24) is 14.4 Å². The van der Waals surface area contributed by atoms with Crippen LogP contribution in [0.2, 0.25) is 5.15 Å². The van der Waals surface area contributed by atoms with E-state index in [-0.39, 0.29) is 15.9 Å². The zero-order valence-electron chi connectivity index (χ0n) is 13.7. The fourth-order valence-electron chi connectivity index (χ4n) is 2.73. The van der Waals surface area contributed by atoms with Crippen molar-refractivity contribution in [3.63, 3.8) is 0 Å². The SMILES string of the molecule is O=S(=O)(Nc1nc2ccccn2c1Cl)c1ccc(N2CCOCC2)nc1. The third kappa shape index (κ3) is 3.20. The molecule has 3 aromatic rings. The summed E-state index contributed by atoms with van der Waals surface area (Å²) >= 11 is 6.22. The third-order valence-corrected chi connectivity index (χ3v) is 5.75. The molecule has 1 aliphatic heterocycles. The molecule has 136 valence electrons. The smallest absolute Gasteiger partial charge is 0.264 e. The second-order valence-corrected chi connectivity index (χ2v) is 7.78. The highest BCUT2D eigenvalue weighted by Gasteiger charge is 2.20. The zero-order valence-corrected chi connectivity index (χ0v) is 15.2. The Morgan fingerprint density at radius 1 is 1.15 bits per heavy atom. The fraction of sp³-hybridized carbons (Fsp3) is 0.250. The third-order valence-electron chi connectivity index (χ3n) is 4.07. The van der Waals surface area contributed by atoms with Crippen LogP contribution in [0.1, 0.15) is 0 Å². The molecular weight excluding hydrogens is 378 g/mol. The first-order valence-corrected chi connectivity index (χ1v) is 9.85. The minimum Gasteiger partial charge on any atom is -0.378 e. The van der Waals surface area contributed by atoms with Crippen molar-refractivity contribution in [3.8, 4) is 0 Å². The van der Waals surface area contributed by atoms with Gasteiger partial charge in [-0.2, -0.15) is 0 Å². The van der Waals surface area contributed by atoms with Gasteiger partial charge in [-0.05, 0) is 24.3 Å². The van der Waals surface area contributed by atoms with E-state index in [0.717, 1.165) is 18.9 Å². The maximum Gasteiger partial charge on any atom is 0.264 e. The second-order valence-electron chi connectivity index (χ2n) is 5.74. The van der Waals surface area contributed by atoms with Crippen LogP contribution in [0.3, 0.4) is 0 Å². The van der Waals surface area contributed by atoms with Gasteiger partial charge in [0.25, 0.3) is 10.0 Å². The first-order valence-electron chi connectivity index (χ1n) is 7.99. The van der Waals surface area contributed by atoms with Gasteiger partial charge in [-0.1, -0.05) is 17.7 Å². The van der Waals surface area contributed by atoms with Gasteiger partial charge in [0.2, 0.25) is 0 Å².